The zero-order chi connectivity index (χ0) is 11.5. The molecular weight excluding hydrogens is 202 g/mol. The average Bonchev–Trinajstić information content (AvgIpc) is 2.59. The molecule has 0 unspecified atom stereocenters. The first kappa shape index (κ1) is 10.2. The standard InChI is InChI=1S/C11H11N5/c1-8-6-16(15-11(8)13)7-9-3-2-4-14-10(9)5-12/h2-4,6H,7H2,1H3,(H2,13,15). The van der Waals surface area contributed by atoms with Gasteiger partial charge in [0.2, 0.25) is 0 Å². The van der Waals surface area contributed by atoms with Crippen LogP contribution < -0.4 is 5.73 Å². The monoisotopic (exact) mass is 213 g/mol. The van der Waals surface area contributed by atoms with Gasteiger partial charge in [-0.25, -0.2) is 4.98 Å². The molecular formula is C11H11N5. The molecule has 0 aliphatic heterocycles. The molecule has 0 bridgehead atoms. The van der Waals surface area contributed by atoms with Crippen molar-refractivity contribution in [2.75, 3.05) is 5.73 Å². The molecule has 16 heavy (non-hydrogen) atoms. The number of rotatable bonds is 2. The Balaban J connectivity index is 2.31. The van der Waals surface area contributed by atoms with Crippen molar-refractivity contribution in [3.8, 4) is 6.07 Å². The van der Waals surface area contributed by atoms with Gasteiger partial charge in [0.1, 0.15) is 17.6 Å². The van der Waals surface area contributed by atoms with Crippen molar-refractivity contribution in [3.05, 3.63) is 41.3 Å². The van der Waals surface area contributed by atoms with Crippen molar-refractivity contribution in [1.82, 2.24) is 14.8 Å². The van der Waals surface area contributed by atoms with Crippen LogP contribution in [-0.2, 0) is 6.54 Å². The second-order valence-electron chi connectivity index (χ2n) is 3.52. The molecule has 0 aromatic carbocycles. The topological polar surface area (TPSA) is 80.5 Å². The van der Waals surface area contributed by atoms with Crippen LogP contribution in [0.25, 0.3) is 0 Å². The molecule has 0 saturated carbocycles. The molecule has 80 valence electrons. The van der Waals surface area contributed by atoms with E-state index in [0.717, 1.165) is 11.1 Å². The predicted molar refractivity (Wildman–Crippen MR) is 59.4 cm³/mol. The molecule has 0 radical (unpaired) electrons. The third-order valence-corrected chi connectivity index (χ3v) is 2.31. The summed E-state index contributed by atoms with van der Waals surface area (Å²) in [6.07, 6.45) is 3.45. The molecule has 0 spiro atoms. The average molecular weight is 213 g/mol. The molecule has 2 aromatic rings. The number of hydrogen-bond donors (Lipinski definition) is 1. The SMILES string of the molecule is Cc1cn(Cc2cccnc2C#N)nc1N. The van der Waals surface area contributed by atoms with Gasteiger partial charge in [0.05, 0.1) is 6.54 Å². The molecule has 0 amide bonds. The van der Waals surface area contributed by atoms with Crippen molar-refractivity contribution < 1.29 is 0 Å². The maximum atomic E-state index is 8.89. The molecule has 2 aromatic heterocycles. The van der Waals surface area contributed by atoms with E-state index in [4.69, 9.17) is 11.0 Å². The molecule has 2 rings (SSSR count). The Hall–Kier alpha value is -2.35. The second kappa shape index (κ2) is 4.03. The highest BCUT2D eigenvalue weighted by Gasteiger charge is 2.05. The van der Waals surface area contributed by atoms with Gasteiger partial charge in [0.15, 0.2) is 0 Å². The molecule has 0 aliphatic rings. The van der Waals surface area contributed by atoms with E-state index < -0.39 is 0 Å². The summed E-state index contributed by atoms with van der Waals surface area (Å²) in [4.78, 5) is 3.99. The zero-order valence-electron chi connectivity index (χ0n) is 8.88. The first-order valence-electron chi connectivity index (χ1n) is 4.84. The van der Waals surface area contributed by atoms with Gasteiger partial charge in [-0.2, -0.15) is 10.4 Å². The van der Waals surface area contributed by atoms with Gasteiger partial charge < -0.3 is 5.73 Å². The number of anilines is 1. The Morgan fingerprint density at radius 1 is 1.56 bits per heavy atom. The van der Waals surface area contributed by atoms with Crippen LogP contribution in [0.5, 0.6) is 0 Å². The van der Waals surface area contributed by atoms with Crippen LogP contribution in [0, 0.1) is 18.3 Å². The van der Waals surface area contributed by atoms with Crippen molar-refractivity contribution in [1.29, 1.82) is 5.26 Å². The Bertz CT molecular complexity index is 530. The number of pyridine rings is 1. The lowest BCUT2D eigenvalue weighted by molar-refractivity contribution is 0.686. The third-order valence-electron chi connectivity index (χ3n) is 2.31. The van der Waals surface area contributed by atoms with Gasteiger partial charge in [0.25, 0.3) is 0 Å². The fourth-order valence-electron chi connectivity index (χ4n) is 1.46. The predicted octanol–water partition coefficient (Wildman–Crippen LogP) is 1.09. The summed E-state index contributed by atoms with van der Waals surface area (Å²) in [6.45, 7) is 2.40. The maximum absolute atomic E-state index is 8.89. The molecule has 5 nitrogen and oxygen atoms in total. The van der Waals surface area contributed by atoms with Crippen molar-refractivity contribution in [3.63, 3.8) is 0 Å². The highest BCUT2D eigenvalue weighted by Crippen LogP contribution is 2.10. The number of aromatic nitrogens is 3. The largest absolute Gasteiger partial charge is 0.382 e. The highest BCUT2D eigenvalue weighted by atomic mass is 15.3. The molecule has 0 fully saturated rings. The van der Waals surface area contributed by atoms with Gasteiger partial charge in [-0.15, -0.1) is 0 Å². The van der Waals surface area contributed by atoms with Crippen LogP contribution in [0.15, 0.2) is 24.5 Å². The Morgan fingerprint density at radius 2 is 2.38 bits per heavy atom. The number of hydrogen-bond acceptors (Lipinski definition) is 4. The number of nitrogens with zero attached hydrogens (tertiary/aromatic N) is 4. The summed E-state index contributed by atoms with van der Waals surface area (Å²) in [5.41, 5.74) is 7.85. The molecule has 0 atom stereocenters. The fourth-order valence-corrected chi connectivity index (χ4v) is 1.46. The minimum Gasteiger partial charge on any atom is -0.382 e. The van der Waals surface area contributed by atoms with Gasteiger partial charge in [-0.05, 0) is 13.0 Å². The molecule has 2 N–H and O–H groups in total. The van der Waals surface area contributed by atoms with Crippen LogP contribution >= 0.6 is 0 Å². The van der Waals surface area contributed by atoms with Crippen LogP contribution in [0.3, 0.4) is 0 Å². The number of nitrogens with two attached hydrogens (primary N) is 1. The summed E-state index contributed by atoms with van der Waals surface area (Å²) < 4.78 is 1.71. The highest BCUT2D eigenvalue weighted by molar-refractivity contribution is 5.36. The van der Waals surface area contributed by atoms with Crippen LogP contribution in [0.2, 0.25) is 0 Å². The first-order chi connectivity index (χ1) is 7.70. The van der Waals surface area contributed by atoms with Gasteiger partial charge in [0, 0.05) is 23.5 Å². The lowest BCUT2D eigenvalue weighted by atomic mass is 10.2. The lowest BCUT2D eigenvalue weighted by Gasteiger charge is -2.02. The quantitative estimate of drug-likeness (QED) is 0.809. The number of nitrogen functional groups attached to an aromatic ring is 1. The van der Waals surface area contributed by atoms with Crippen LogP contribution in [-0.4, -0.2) is 14.8 Å². The van der Waals surface area contributed by atoms with Gasteiger partial charge in [-0.1, -0.05) is 6.07 Å². The zero-order valence-corrected chi connectivity index (χ0v) is 8.88. The first-order valence-corrected chi connectivity index (χ1v) is 4.84. The van der Waals surface area contributed by atoms with Crippen LogP contribution in [0.4, 0.5) is 5.82 Å². The summed E-state index contributed by atoms with van der Waals surface area (Å²) in [5.74, 6) is 0.516. The summed E-state index contributed by atoms with van der Waals surface area (Å²) in [6, 6.07) is 5.72. The maximum Gasteiger partial charge on any atom is 0.148 e. The fraction of sp³-hybridized carbons (Fsp3) is 0.182. The van der Waals surface area contributed by atoms with Crippen LogP contribution in [0.1, 0.15) is 16.8 Å². The molecule has 5 heteroatoms. The van der Waals surface area contributed by atoms with Crippen molar-refractivity contribution in [2.24, 2.45) is 0 Å². The lowest BCUT2D eigenvalue weighted by Crippen LogP contribution is -2.03. The normalized spacial score (nSPS) is 10.0. The van der Waals surface area contributed by atoms with Gasteiger partial charge >= 0.3 is 0 Å². The second-order valence-corrected chi connectivity index (χ2v) is 3.52. The smallest absolute Gasteiger partial charge is 0.148 e. The van der Waals surface area contributed by atoms with E-state index in [1.807, 2.05) is 19.2 Å². The van der Waals surface area contributed by atoms with E-state index in [1.165, 1.54) is 0 Å². The molecule has 0 saturated heterocycles. The van der Waals surface area contributed by atoms with Gasteiger partial charge in [-0.3, -0.25) is 4.68 Å². The summed E-state index contributed by atoms with van der Waals surface area (Å²) in [5, 5.41) is 13.0. The van der Waals surface area contributed by atoms with E-state index in [0.29, 0.717) is 18.1 Å². The number of aryl methyl sites for hydroxylation is 1. The minimum atomic E-state index is 0.425. The summed E-state index contributed by atoms with van der Waals surface area (Å²) in [7, 11) is 0. The third kappa shape index (κ3) is 1.86. The van der Waals surface area contributed by atoms with E-state index in [-0.39, 0.29) is 0 Å². The Morgan fingerprint density at radius 3 is 3.00 bits per heavy atom. The molecule has 2 heterocycles. The van der Waals surface area contributed by atoms with Crippen molar-refractivity contribution in [2.45, 2.75) is 13.5 Å². The van der Waals surface area contributed by atoms with E-state index in [2.05, 4.69) is 16.2 Å². The number of nitriles is 1. The Labute approximate surface area is 93.1 Å². The van der Waals surface area contributed by atoms with Crippen molar-refractivity contribution >= 4 is 5.82 Å². The van der Waals surface area contributed by atoms with E-state index in [1.54, 1.807) is 16.9 Å². The summed E-state index contributed by atoms with van der Waals surface area (Å²) >= 11 is 0. The Kier molecular flexibility index (Phi) is 2.56. The van der Waals surface area contributed by atoms with E-state index >= 15 is 0 Å². The molecule has 0 aliphatic carbocycles. The van der Waals surface area contributed by atoms with E-state index in [9.17, 15) is 0 Å². The minimum absolute atomic E-state index is 0.425.